The smallest absolute Gasteiger partial charge is 0.453 e. The summed E-state index contributed by atoms with van der Waals surface area (Å²) in [4.78, 5) is 12.5. The van der Waals surface area contributed by atoms with Crippen LogP contribution in [-0.4, -0.2) is 55.6 Å². The molecule has 11 heteroatoms. The van der Waals surface area contributed by atoms with Crippen molar-refractivity contribution in [3.63, 3.8) is 0 Å². The van der Waals surface area contributed by atoms with Gasteiger partial charge in [-0.1, -0.05) is 51.7 Å². The predicted octanol–water partition coefficient (Wildman–Crippen LogP) is 9.46. The largest absolute Gasteiger partial charge is 0.494 e. The molecule has 0 spiro atoms. The van der Waals surface area contributed by atoms with Crippen LogP contribution < -0.4 is 4.74 Å². The summed E-state index contributed by atoms with van der Waals surface area (Å²) in [6.07, 6.45) is 3.91. The van der Waals surface area contributed by atoms with E-state index in [1.54, 1.807) is 0 Å². The van der Waals surface area contributed by atoms with Gasteiger partial charge in [0.1, 0.15) is 21.4 Å². The number of fused-ring (bicyclic) bond motifs is 5. The zero-order valence-corrected chi connectivity index (χ0v) is 29.9. The molecule has 278 valence electrons. The molecule has 0 aliphatic heterocycles. The van der Waals surface area contributed by atoms with E-state index in [4.69, 9.17) is 4.74 Å². The van der Waals surface area contributed by atoms with E-state index >= 15 is 0 Å². The van der Waals surface area contributed by atoms with Crippen LogP contribution in [0.1, 0.15) is 128 Å². The molecule has 1 aromatic carbocycles. The Kier molecular flexibility index (Phi) is 11.8. The van der Waals surface area contributed by atoms with E-state index in [9.17, 15) is 40.3 Å². The van der Waals surface area contributed by atoms with Crippen molar-refractivity contribution in [2.75, 3.05) is 18.1 Å². The van der Waals surface area contributed by atoms with Crippen molar-refractivity contribution in [3.05, 3.63) is 29.8 Å². The molecule has 0 amide bonds. The van der Waals surface area contributed by atoms with Gasteiger partial charge < -0.3 is 9.84 Å². The number of ether oxygens (including phenoxy) is 1. The number of benzene rings is 1. The second-order valence-corrected chi connectivity index (χ2v) is 18.5. The maximum atomic E-state index is 13.0. The van der Waals surface area contributed by atoms with Crippen molar-refractivity contribution in [2.24, 2.45) is 34.5 Å². The molecule has 0 bridgehead atoms. The van der Waals surface area contributed by atoms with Gasteiger partial charge in [-0.25, -0.2) is 8.42 Å². The lowest BCUT2D eigenvalue weighted by Gasteiger charge is -2.62. The van der Waals surface area contributed by atoms with E-state index < -0.39 is 40.5 Å². The lowest BCUT2D eigenvalue weighted by molar-refractivity contribution is -0.284. The van der Waals surface area contributed by atoms with Crippen LogP contribution in [0.2, 0.25) is 0 Å². The summed E-state index contributed by atoms with van der Waals surface area (Å²) in [5.41, 5.74) is 1.37. The number of carbonyl (C=O) groups excluding carboxylic acids is 1. The van der Waals surface area contributed by atoms with Gasteiger partial charge >= 0.3 is 12.1 Å². The first-order valence-corrected chi connectivity index (χ1v) is 20.4. The molecule has 4 aliphatic rings. The van der Waals surface area contributed by atoms with Crippen LogP contribution in [0, 0.1) is 34.5 Å². The number of alkyl halides is 5. The van der Waals surface area contributed by atoms with E-state index in [0.717, 1.165) is 70.0 Å². The third kappa shape index (κ3) is 8.49. The SMILES string of the molecule is C[C@]12CCC(=O)C[C@@H]1CC[C@@H]1[C@@H]2[C@@H](c2ccc(OCCCCCCCCS(=O)(=O)CCCC(F)(F)C(F)(F)F)cc2)C[C@]2(C)[C@@H](O)CC[C@@H]12. The highest BCUT2D eigenvalue weighted by atomic mass is 32.2. The van der Waals surface area contributed by atoms with Crippen LogP contribution in [-0.2, 0) is 14.6 Å². The van der Waals surface area contributed by atoms with Crippen LogP contribution in [0.25, 0.3) is 0 Å². The Balaban J connectivity index is 1.05. The molecular formula is C38H55F5O5S. The lowest BCUT2D eigenvalue weighted by atomic mass is 9.42. The molecule has 1 aromatic rings. The third-order valence-electron chi connectivity index (χ3n) is 13.2. The van der Waals surface area contributed by atoms with Gasteiger partial charge in [0, 0.05) is 19.3 Å². The van der Waals surface area contributed by atoms with Gasteiger partial charge in [0.2, 0.25) is 0 Å². The number of halogens is 5. The zero-order valence-electron chi connectivity index (χ0n) is 29.1. The van der Waals surface area contributed by atoms with Gasteiger partial charge in [0.25, 0.3) is 0 Å². The van der Waals surface area contributed by atoms with Crippen molar-refractivity contribution < 1.29 is 45.0 Å². The first-order valence-electron chi connectivity index (χ1n) is 18.5. The standard InChI is InChI=1S/C38H55F5O5S/c1-35-20-18-28(44)24-27(35)12-15-30-32-16-17-33(45)36(32,2)25-31(34(30)35)26-10-13-29(14-11-26)48-21-7-5-3-4-6-8-22-49(46,47)23-9-19-37(39,40)38(41,42)43/h10-11,13-14,27,30-34,45H,3-9,12,15-25H2,1-2H3/t27-,30-,31+,32-,33-,34+,35-,36-/m0/s1. The summed E-state index contributed by atoms with van der Waals surface area (Å²) in [5, 5.41) is 11.2. The maximum absolute atomic E-state index is 13.0. The number of sulfone groups is 1. The minimum absolute atomic E-state index is 0.0803. The van der Waals surface area contributed by atoms with Gasteiger partial charge in [-0.05, 0) is 116 Å². The number of hydrogen-bond acceptors (Lipinski definition) is 5. The number of hydrogen-bond donors (Lipinski definition) is 1. The summed E-state index contributed by atoms with van der Waals surface area (Å²) >= 11 is 0. The van der Waals surface area contributed by atoms with E-state index in [1.165, 1.54) is 5.56 Å². The van der Waals surface area contributed by atoms with Crippen LogP contribution in [0.4, 0.5) is 22.0 Å². The molecule has 1 N–H and O–H groups in total. The van der Waals surface area contributed by atoms with Crippen molar-refractivity contribution in [1.29, 1.82) is 0 Å². The summed E-state index contributed by atoms with van der Waals surface area (Å²) in [7, 11) is -3.66. The third-order valence-corrected chi connectivity index (χ3v) is 15.0. The summed E-state index contributed by atoms with van der Waals surface area (Å²) < 4.78 is 92.9. The topological polar surface area (TPSA) is 80.7 Å². The molecule has 5 rings (SSSR count). The molecule has 4 aliphatic carbocycles. The summed E-state index contributed by atoms with van der Waals surface area (Å²) in [5.74, 6) is -2.10. The predicted molar refractivity (Wildman–Crippen MR) is 179 cm³/mol. The highest BCUT2D eigenvalue weighted by Crippen LogP contribution is 2.69. The second kappa shape index (κ2) is 15.1. The quantitative estimate of drug-likeness (QED) is 0.144. The van der Waals surface area contributed by atoms with Crippen molar-refractivity contribution in [3.8, 4) is 5.75 Å². The van der Waals surface area contributed by atoms with E-state index in [2.05, 4.69) is 38.1 Å². The lowest BCUT2D eigenvalue weighted by Crippen LogP contribution is -2.56. The normalized spacial score (nSPS) is 33.5. The maximum Gasteiger partial charge on any atom is 0.453 e. The van der Waals surface area contributed by atoms with E-state index in [-0.39, 0.29) is 22.7 Å². The minimum atomic E-state index is -5.66. The Labute approximate surface area is 289 Å². The molecule has 49 heavy (non-hydrogen) atoms. The summed E-state index contributed by atoms with van der Waals surface area (Å²) in [6.45, 7) is 5.33. The Hall–Kier alpha value is -1.75. The molecule has 5 nitrogen and oxygen atoms in total. The summed E-state index contributed by atoms with van der Waals surface area (Å²) in [6, 6.07) is 8.53. The number of aliphatic hydroxyl groups excluding tert-OH is 1. The minimum Gasteiger partial charge on any atom is -0.494 e. The Morgan fingerprint density at radius 2 is 1.51 bits per heavy atom. The monoisotopic (exact) mass is 718 g/mol. The molecule has 0 aromatic heterocycles. The van der Waals surface area contributed by atoms with Gasteiger partial charge in [0.05, 0.1) is 24.2 Å². The number of Topliss-reactive ketones (excluding diaryl/α,β-unsaturated/α-hetero) is 1. The Morgan fingerprint density at radius 3 is 2.20 bits per heavy atom. The first-order chi connectivity index (χ1) is 23.0. The Bertz CT molecular complexity index is 1380. The van der Waals surface area contributed by atoms with Crippen LogP contribution >= 0.6 is 0 Å². The zero-order chi connectivity index (χ0) is 35.7. The number of ketones is 1. The Morgan fingerprint density at radius 1 is 0.857 bits per heavy atom. The molecular weight excluding hydrogens is 663 g/mol. The van der Waals surface area contributed by atoms with Crippen LogP contribution in [0.3, 0.4) is 0 Å². The molecule has 0 saturated heterocycles. The first kappa shape index (κ1) is 38.5. The molecule has 0 heterocycles. The fourth-order valence-electron chi connectivity index (χ4n) is 10.4. The highest BCUT2D eigenvalue weighted by molar-refractivity contribution is 7.91. The fourth-order valence-corrected chi connectivity index (χ4v) is 11.8. The van der Waals surface area contributed by atoms with E-state index in [0.29, 0.717) is 67.7 Å². The fraction of sp³-hybridized carbons (Fsp3) is 0.816. The number of unbranched alkanes of at least 4 members (excludes halogenated alkanes) is 5. The average molecular weight is 719 g/mol. The van der Waals surface area contributed by atoms with Gasteiger partial charge in [-0.2, -0.15) is 22.0 Å². The molecule has 8 atom stereocenters. The van der Waals surface area contributed by atoms with Gasteiger partial charge in [0.15, 0.2) is 0 Å². The highest BCUT2D eigenvalue weighted by Gasteiger charge is 2.63. The molecule has 0 radical (unpaired) electrons. The molecule has 4 saturated carbocycles. The van der Waals surface area contributed by atoms with Gasteiger partial charge in [-0.15, -0.1) is 0 Å². The molecule has 0 unspecified atom stereocenters. The number of rotatable bonds is 15. The average Bonchev–Trinajstić information content (AvgIpc) is 3.33. The van der Waals surface area contributed by atoms with Crippen LogP contribution in [0.15, 0.2) is 24.3 Å². The van der Waals surface area contributed by atoms with Crippen molar-refractivity contribution in [2.45, 2.75) is 141 Å². The van der Waals surface area contributed by atoms with Crippen molar-refractivity contribution in [1.82, 2.24) is 0 Å². The van der Waals surface area contributed by atoms with Crippen molar-refractivity contribution >= 4 is 15.6 Å². The number of aliphatic hydroxyl groups is 1. The molecule has 4 fully saturated rings. The number of carbonyl (C=O) groups is 1. The van der Waals surface area contributed by atoms with Gasteiger partial charge in [-0.3, -0.25) is 4.79 Å². The van der Waals surface area contributed by atoms with Crippen LogP contribution in [0.5, 0.6) is 5.75 Å². The second-order valence-electron chi connectivity index (χ2n) is 16.2. The van der Waals surface area contributed by atoms with E-state index in [1.807, 2.05) is 0 Å².